The second-order valence-corrected chi connectivity index (χ2v) is 6.05. The van der Waals surface area contributed by atoms with Crippen LogP contribution in [0.2, 0.25) is 0 Å². The number of anilines is 4. The second-order valence-electron chi connectivity index (χ2n) is 6.05. The summed E-state index contributed by atoms with van der Waals surface area (Å²) in [5.74, 6) is 0.959. The molecule has 1 unspecified atom stereocenters. The molecule has 126 valence electrons. The number of para-hydroxylation sites is 1. The quantitative estimate of drug-likeness (QED) is 0.655. The molecule has 0 radical (unpaired) electrons. The molecular formula is C16H20N6O2. The van der Waals surface area contributed by atoms with E-state index in [1.54, 1.807) is 0 Å². The maximum absolute atomic E-state index is 11.4. The Hall–Kier alpha value is -2.90. The Balaban J connectivity index is 1.99. The zero-order chi connectivity index (χ0) is 17.1. The summed E-state index contributed by atoms with van der Waals surface area (Å²) in [7, 11) is 0. The summed E-state index contributed by atoms with van der Waals surface area (Å²) in [5, 5.41) is 14.4. The van der Waals surface area contributed by atoms with Crippen LogP contribution in [0.4, 0.5) is 29.0 Å². The average Bonchev–Trinajstić information content (AvgIpc) is 2.55. The van der Waals surface area contributed by atoms with Crippen molar-refractivity contribution in [3.05, 3.63) is 40.4 Å². The number of hydrogen-bond donors (Lipinski definition) is 2. The number of nitrogens with zero attached hydrogens (tertiary/aromatic N) is 4. The number of nitrogen functional groups attached to an aromatic ring is 1. The van der Waals surface area contributed by atoms with Gasteiger partial charge in [-0.05, 0) is 30.9 Å². The number of nitro groups is 1. The normalized spacial score (nSPS) is 17.5. The molecular weight excluding hydrogens is 308 g/mol. The molecule has 1 saturated heterocycles. The van der Waals surface area contributed by atoms with Crippen LogP contribution in [0.3, 0.4) is 0 Å². The summed E-state index contributed by atoms with van der Waals surface area (Å²) in [6, 6.07) is 9.17. The Morgan fingerprint density at radius 1 is 1.33 bits per heavy atom. The predicted octanol–water partition coefficient (Wildman–Crippen LogP) is 2.95. The lowest BCUT2D eigenvalue weighted by molar-refractivity contribution is -0.383. The van der Waals surface area contributed by atoms with Gasteiger partial charge in [0.2, 0.25) is 17.6 Å². The van der Waals surface area contributed by atoms with Gasteiger partial charge in [0.25, 0.3) is 0 Å². The molecule has 0 bridgehead atoms. The Morgan fingerprint density at radius 2 is 2.08 bits per heavy atom. The highest BCUT2D eigenvalue weighted by Gasteiger charge is 2.26. The van der Waals surface area contributed by atoms with Crippen LogP contribution < -0.4 is 16.0 Å². The van der Waals surface area contributed by atoms with Gasteiger partial charge in [-0.25, -0.2) is 0 Å². The maximum Gasteiger partial charge on any atom is 0.353 e. The van der Waals surface area contributed by atoms with Crippen LogP contribution >= 0.6 is 0 Å². The molecule has 0 spiro atoms. The van der Waals surface area contributed by atoms with Crippen LogP contribution in [0.15, 0.2) is 30.3 Å². The van der Waals surface area contributed by atoms with E-state index in [1.165, 1.54) is 0 Å². The summed E-state index contributed by atoms with van der Waals surface area (Å²) in [6.07, 6.45) is 2.21. The van der Waals surface area contributed by atoms with E-state index >= 15 is 0 Å². The first-order valence-electron chi connectivity index (χ1n) is 7.93. The zero-order valence-electron chi connectivity index (χ0n) is 13.5. The highest BCUT2D eigenvalue weighted by Crippen LogP contribution is 2.33. The summed E-state index contributed by atoms with van der Waals surface area (Å²) >= 11 is 0. The molecule has 0 amide bonds. The van der Waals surface area contributed by atoms with Crippen molar-refractivity contribution >= 4 is 29.0 Å². The smallest absolute Gasteiger partial charge is 0.353 e. The molecule has 0 aliphatic carbocycles. The van der Waals surface area contributed by atoms with E-state index in [4.69, 9.17) is 5.73 Å². The molecule has 1 fully saturated rings. The van der Waals surface area contributed by atoms with Gasteiger partial charge in [0, 0.05) is 18.8 Å². The Labute approximate surface area is 139 Å². The summed E-state index contributed by atoms with van der Waals surface area (Å²) < 4.78 is 0. The number of aromatic nitrogens is 2. The van der Waals surface area contributed by atoms with Crippen molar-refractivity contribution in [3.63, 3.8) is 0 Å². The summed E-state index contributed by atoms with van der Waals surface area (Å²) in [4.78, 5) is 21.4. The Morgan fingerprint density at radius 3 is 2.75 bits per heavy atom. The molecule has 8 heteroatoms. The van der Waals surface area contributed by atoms with E-state index in [0.717, 1.165) is 25.9 Å². The molecule has 8 nitrogen and oxygen atoms in total. The van der Waals surface area contributed by atoms with Crippen molar-refractivity contribution in [1.82, 2.24) is 9.97 Å². The van der Waals surface area contributed by atoms with Crippen molar-refractivity contribution in [2.75, 3.05) is 29.0 Å². The highest BCUT2D eigenvalue weighted by atomic mass is 16.6. The van der Waals surface area contributed by atoms with Gasteiger partial charge in [-0.3, -0.25) is 10.1 Å². The van der Waals surface area contributed by atoms with Gasteiger partial charge >= 0.3 is 5.69 Å². The van der Waals surface area contributed by atoms with E-state index in [-0.39, 0.29) is 17.3 Å². The van der Waals surface area contributed by atoms with Crippen molar-refractivity contribution in [2.45, 2.75) is 19.8 Å². The van der Waals surface area contributed by atoms with E-state index in [9.17, 15) is 10.1 Å². The lowest BCUT2D eigenvalue weighted by atomic mass is 10.0. The van der Waals surface area contributed by atoms with Crippen LogP contribution in [-0.4, -0.2) is 28.0 Å². The van der Waals surface area contributed by atoms with Crippen molar-refractivity contribution in [1.29, 1.82) is 0 Å². The zero-order valence-corrected chi connectivity index (χ0v) is 13.5. The van der Waals surface area contributed by atoms with Gasteiger partial charge in [0.05, 0.1) is 4.92 Å². The number of nitrogens with two attached hydrogens (primary N) is 1. The van der Waals surface area contributed by atoms with Crippen LogP contribution in [0, 0.1) is 16.0 Å². The molecule has 1 aromatic heterocycles. The van der Waals surface area contributed by atoms with Gasteiger partial charge in [-0.2, -0.15) is 9.97 Å². The second kappa shape index (κ2) is 6.69. The summed E-state index contributed by atoms with van der Waals surface area (Å²) in [5.41, 5.74) is 6.27. The molecule has 3 N–H and O–H groups in total. The summed E-state index contributed by atoms with van der Waals surface area (Å²) in [6.45, 7) is 3.82. The van der Waals surface area contributed by atoms with Crippen molar-refractivity contribution in [2.24, 2.45) is 5.92 Å². The number of rotatable bonds is 4. The molecule has 0 saturated carbocycles. The van der Waals surface area contributed by atoms with Crippen LogP contribution in [0.25, 0.3) is 0 Å². The fourth-order valence-electron chi connectivity index (χ4n) is 2.90. The highest BCUT2D eigenvalue weighted by molar-refractivity contribution is 5.74. The predicted molar refractivity (Wildman–Crippen MR) is 93.4 cm³/mol. The Bertz CT molecular complexity index is 737. The Kier molecular flexibility index (Phi) is 4.45. The molecule has 24 heavy (non-hydrogen) atoms. The topological polar surface area (TPSA) is 110 Å². The first-order valence-corrected chi connectivity index (χ1v) is 7.93. The van der Waals surface area contributed by atoms with Gasteiger partial charge in [0.15, 0.2) is 0 Å². The fraction of sp³-hybridized carbons (Fsp3) is 0.375. The van der Waals surface area contributed by atoms with E-state index in [1.807, 2.05) is 35.2 Å². The minimum atomic E-state index is -0.552. The molecule has 2 heterocycles. The van der Waals surface area contributed by atoms with Crippen LogP contribution in [0.5, 0.6) is 0 Å². The van der Waals surface area contributed by atoms with E-state index in [2.05, 4.69) is 22.2 Å². The van der Waals surface area contributed by atoms with Crippen molar-refractivity contribution in [3.8, 4) is 0 Å². The molecule has 1 atom stereocenters. The third-order valence-corrected chi connectivity index (χ3v) is 4.06. The third-order valence-electron chi connectivity index (χ3n) is 4.06. The molecule has 1 aliphatic heterocycles. The molecule has 2 aromatic rings. The van der Waals surface area contributed by atoms with Gasteiger partial charge in [0.1, 0.15) is 0 Å². The number of benzene rings is 1. The molecule has 1 aliphatic rings. The largest absolute Gasteiger partial charge is 0.378 e. The first kappa shape index (κ1) is 16.0. The van der Waals surface area contributed by atoms with E-state index < -0.39 is 4.92 Å². The third kappa shape index (κ3) is 3.37. The standard InChI is InChI=1S/C16H20N6O2/c1-11-6-5-9-21(10-11)16-19-14(17)13(22(23)24)15(20-16)18-12-7-3-2-4-8-12/h2-4,7-8,11H,5-6,9-10H2,1H3,(H3,17,18,19,20). The first-order chi connectivity index (χ1) is 11.5. The molecule has 1 aromatic carbocycles. The molecule has 3 rings (SSSR count). The minimum Gasteiger partial charge on any atom is -0.378 e. The van der Waals surface area contributed by atoms with Crippen LogP contribution in [-0.2, 0) is 0 Å². The monoisotopic (exact) mass is 328 g/mol. The van der Waals surface area contributed by atoms with Crippen molar-refractivity contribution < 1.29 is 4.92 Å². The van der Waals surface area contributed by atoms with E-state index in [0.29, 0.717) is 17.6 Å². The maximum atomic E-state index is 11.4. The number of nitrogens with one attached hydrogen (secondary N) is 1. The van der Waals surface area contributed by atoms with Gasteiger partial charge in [-0.15, -0.1) is 0 Å². The lowest BCUT2D eigenvalue weighted by Gasteiger charge is -2.31. The average molecular weight is 328 g/mol. The lowest BCUT2D eigenvalue weighted by Crippen LogP contribution is -2.35. The van der Waals surface area contributed by atoms with Gasteiger partial charge in [-0.1, -0.05) is 25.1 Å². The fourth-order valence-corrected chi connectivity index (χ4v) is 2.90. The number of piperidine rings is 1. The van der Waals surface area contributed by atoms with Crippen LogP contribution in [0.1, 0.15) is 19.8 Å². The van der Waals surface area contributed by atoms with Gasteiger partial charge < -0.3 is 16.0 Å². The SMILES string of the molecule is CC1CCCN(c2nc(N)c([N+](=O)[O-])c(Nc3ccccc3)n2)C1. The minimum absolute atomic E-state index is 0.118. The number of hydrogen-bond acceptors (Lipinski definition) is 7.